The predicted molar refractivity (Wildman–Crippen MR) is 123 cm³/mol. The van der Waals surface area contributed by atoms with Gasteiger partial charge in [0, 0.05) is 26.9 Å². The fourth-order valence-corrected chi connectivity index (χ4v) is 3.63. The molecule has 0 unspecified atom stereocenters. The van der Waals surface area contributed by atoms with E-state index in [0.29, 0.717) is 45.1 Å². The van der Waals surface area contributed by atoms with Crippen LogP contribution in [0.4, 0.5) is 5.69 Å². The Morgan fingerprint density at radius 3 is 2.45 bits per heavy atom. The van der Waals surface area contributed by atoms with Crippen molar-refractivity contribution in [2.45, 2.75) is 6.92 Å². The van der Waals surface area contributed by atoms with E-state index in [9.17, 15) is 4.79 Å². The molecule has 0 spiro atoms. The number of rotatable bonds is 6. The SMILES string of the molecule is CCOc1ccc(-c2cnc(-c3ccccc3C(=O)Nc3cc(Cl)cc(Cl)c3)o2)cc1. The predicted octanol–water partition coefficient (Wildman–Crippen LogP) is 6.97. The Bertz CT molecular complexity index is 1200. The van der Waals surface area contributed by atoms with Gasteiger partial charge in [-0.15, -0.1) is 0 Å². The zero-order chi connectivity index (χ0) is 21.8. The van der Waals surface area contributed by atoms with Crippen LogP contribution in [0.1, 0.15) is 17.3 Å². The third-order valence-electron chi connectivity index (χ3n) is 4.48. The number of aromatic nitrogens is 1. The molecule has 1 aromatic heterocycles. The van der Waals surface area contributed by atoms with E-state index in [2.05, 4.69) is 10.3 Å². The van der Waals surface area contributed by atoms with Gasteiger partial charge in [-0.2, -0.15) is 0 Å². The lowest BCUT2D eigenvalue weighted by Crippen LogP contribution is -2.13. The van der Waals surface area contributed by atoms with Gasteiger partial charge in [0.25, 0.3) is 5.91 Å². The molecule has 5 nitrogen and oxygen atoms in total. The number of carbonyl (C=O) groups is 1. The maximum Gasteiger partial charge on any atom is 0.256 e. The number of nitrogens with zero attached hydrogens (tertiary/aromatic N) is 1. The molecule has 0 saturated carbocycles. The highest BCUT2D eigenvalue weighted by molar-refractivity contribution is 6.35. The quantitative estimate of drug-likeness (QED) is 0.343. The Morgan fingerprint density at radius 1 is 1.03 bits per heavy atom. The molecule has 0 radical (unpaired) electrons. The summed E-state index contributed by atoms with van der Waals surface area (Å²) >= 11 is 12.1. The van der Waals surface area contributed by atoms with E-state index >= 15 is 0 Å². The van der Waals surface area contributed by atoms with E-state index in [1.807, 2.05) is 37.3 Å². The van der Waals surface area contributed by atoms with Crippen molar-refractivity contribution in [1.29, 1.82) is 0 Å². The van der Waals surface area contributed by atoms with E-state index in [1.165, 1.54) is 0 Å². The van der Waals surface area contributed by atoms with Crippen molar-refractivity contribution in [3.05, 3.63) is 88.5 Å². The van der Waals surface area contributed by atoms with E-state index in [4.69, 9.17) is 32.4 Å². The molecule has 0 saturated heterocycles. The summed E-state index contributed by atoms with van der Waals surface area (Å²) in [5.74, 6) is 1.40. The molecule has 0 aliphatic carbocycles. The number of nitrogens with one attached hydrogen (secondary N) is 1. The molecule has 0 aliphatic heterocycles. The van der Waals surface area contributed by atoms with Gasteiger partial charge < -0.3 is 14.5 Å². The number of ether oxygens (including phenoxy) is 1. The Hall–Kier alpha value is -3.28. The number of anilines is 1. The van der Waals surface area contributed by atoms with Crippen molar-refractivity contribution in [2.75, 3.05) is 11.9 Å². The smallest absolute Gasteiger partial charge is 0.256 e. The lowest BCUT2D eigenvalue weighted by molar-refractivity contribution is 0.102. The van der Waals surface area contributed by atoms with Crippen LogP contribution in [0.2, 0.25) is 10.0 Å². The largest absolute Gasteiger partial charge is 0.494 e. The van der Waals surface area contributed by atoms with Gasteiger partial charge in [-0.05, 0) is 61.5 Å². The normalized spacial score (nSPS) is 10.7. The van der Waals surface area contributed by atoms with Crippen LogP contribution in [0.25, 0.3) is 22.8 Å². The van der Waals surface area contributed by atoms with Crippen LogP contribution in [0, 0.1) is 0 Å². The van der Waals surface area contributed by atoms with E-state index < -0.39 is 0 Å². The van der Waals surface area contributed by atoms with Crippen LogP contribution in [0.3, 0.4) is 0 Å². The average molecular weight is 453 g/mol. The molecule has 3 aromatic carbocycles. The third-order valence-corrected chi connectivity index (χ3v) is 4.91. The summed E-state index contributed by atoms with van der Waals surface area (Å²) in [6.45, 7) is 2.54. The van der Waals surface area contributed by atoms with Crippen LogP contribution in [0.5, 0.6) is 5.75 Å². The molecule has 4 rings (SSSR count). The van der Waals surface area contributed by atoms with E-state index in [-0.39, 0.29) is 5.91 Å². The molecule has 7 heteroatoms. The molecule has 0 aliphatic rings. The summed E-state index contributed by atoms with van der Waals surface area (Å²) in [5.41, 5.74) is 2.35. The lowest BCUT2D eigenvalue weighted by atomic mass is 10.1. The van der Waals surface area contributed by atoms with Crippen LogP contribution in [-0.2, 0) is 0 Å². The monoisotopic (exact) mass is 452 g/mol. The van der Waals surface area contributed by atoms with Gasteiger partial charge in [0.15, 0.2) is 5.76 Å². The summed E-state index contributed by atoms with van der Waals surface area (Å²) in [5, 5.41) is 3.68. The Kier molecular flexibility index (Phi) is 6.26. The molecular formula is C24H18Cl2N2O3. The van der Waals surface area contributed by atoms with Crippen molar-refractivity contribution < 1.29 is 13.9 Å². The van der Waals surface area contributed by atoms with Crippen molar-refractivity contribution >= 4 is 34.8 Å². The summed E-state index contributed by atoms with van der Waals surface area (Å²) in [7, 11) is 0. The fourth-order valence-electron chi connectivity index (χ4n) is 3.11. The van der Waals surface area contributed by atoms with Gasteiger partial charge in [0.1, 0.15) is 5.75 Å². The van der Waals surface area contributed by atoms with Gasteiger partial charge in [-0.1, -0.05) is 35.3 Å². The van der Waals surface area contributed by atoms with Gasteiger partial charge in [-0.25, -0.2) is 4.98 Å². The highest BCUT2D eigenvalue weighted by atomic mass is 35.5. The molecule has 0 fully saturated rings. The lowest BCUT2D eigenvalue weighted by Gasteiger charge is -2.09. The molecule has 0 atom stereocenters. The molecule has 1 amide bonds. The number of halogens is 2. The molecule has 1 heterocycles. The average Bonchev–Trinajstić information content (AvgIpc) is 3.24. The van der Waals surface area contributed by atoms with Crippen molar-refractivity contribution in [2.24, 2.45) is 0 Å². The summed E-state index contributed by atoms with van der Waals surface area (Å²) in [4.78, 5) is 17.3. The van der Waals surface area contributed by atoms with Crippen LogP contribution >= 0.6 is 23.2 Å². The Labute approximate surface area is 189 Å². The molecule has 4 aromatic rings. The number of hydrogen-bond acceptors (Lipinski definition) is 4. The zero-order valence-corrected chi connectivity index (χ0v) is 18.1. The van der Waals surface area contributed by atoms with Crippen LogP contribution < -0.4 is 10.1 Å². The van der Waals surface area contributed by atoms with Crippen molar-refractivity contribution in [1.82, 2.24) is 4.98 Å². The fraction of sp³-hybridized carbons (Fsp3) is 0.0833. The molecule has 156 valence electrons. The minimum Gasteiger partial charge on any atom is -0.494 e. The molecule has 31 heavy (non-hydrogen) atoms. The number of carbonyl (C=O) groups excluding carboxylic acids is 1. The first-order valence-electron chi connectivity index (χ1n) is 9.59. The number of oxazole rings is 1. The standard InChI is InChI=1S/C24H18Cl2N2O3/c1-2-30-19-9-7-15(8-10-19)22-14-27-24(31-22)21-6-4-3-5-20(21)23(29)28-18-12-16(25)11-17(26)13-18/h3-14H,2H2,1H3,(H,28,29). The summed E-state index contributed by atoms with van der Waals surface area (Å²) < 4.78 is 11.4. The van der Waals surface area contributed by atoms with E-state index in [0.717, 1.165) is 11.3 Å². The van der Waals surface area contributed by atoms with E-state index in [1.54, 1.807) is 42.6 Å². The minimum atomic E-state index is -0.324. The Balaban J connectivity index is 1.60. The zero-order valence-electron chi connectivity index (χ0n) is 16.6. The first-order valence-corrected chi connectivity index (χ1v) is 10.3. The van der Waals surface area contributed by atoms with Gasteiger partial charge in [-0.3, -0.25) is 4.79 Å². The van der Waals surface area contributed by atoms with Gasteiger partial charge in [0.2, 0.25) is 5.89 Å². The number of hydrogen-bond donors (Lipinski definition) is 1. The topological polar surface area (TPSA) is 64.4 Å². The second-order valence-corrected chi connectivity index (χ2v) is 7.52. The highest BCUT2D eigenvalue weighted by Crippen LogP contribution is 2.30. The van der Waals surface area contributed by atoms with Crippen molar-refractivity contribution in [3.8, 4) is 28.5 Å². The highest BCUT2D eigenvalue weighted by Gasteiger charge is 2.17. The molecular weight excluding hydrogens is 435 g/mol. The second-order valence-electron chi connectivity index (χ2n) is 6.64. The number of amides is 1. The Morgan fingerprint density at radius 2 is 1.74 bits per heavy atom. The second kappa shape index (κ2) is 9.25. The maximum absolute atomic E-state index is 12.9. The summed E-state index contributed by atoms with van der Waals surface area (Å²) in [6.07, 6.45) is 1.64. The van der Waals surface area contributed by atoms with Crippen LogP contribution in [-0.4, -0.2) is 17.5 Å². The molecule has 0 bridgehead atoms. The first kappa shape index (κ1) is 21.0. The van der Waals surface area contributed by atoms with Crippen LogP contribution in [0.15, 0.2) is 77.3 Å². The maximum atomic E-state index is 12.9. The minimum absolute atomic E-state index is 0.324. The third kappa shape index (κ3) is 4.90. The van der Waals surface area contributed by atoms with Crippen molar-refractivity contribution in [3.63, 3.8) is 0 Å². The molecule has 1 N–H and O–H groups in total. The first-order chi connectivity index (χ1) is 15.0. The number of benzene rings is 3. The summed E-state index contributed by atoms with van der Waals surface area (Å²) in [6, 6.07) is 19.5. The van der Waals surface area contributed by atoms with Gasteiger partial charge >= 0.3 is 0 Å². The van der Waals surface area contributed by atoms with Gasteiger partial charge in [0.05, 0.1) is 18.4 Å².